The quantitative estimate of drug-likeness (QED) is 0.788. The van der Waals surface area contributed by atoms with Crippen LogP contribution in [-0.4, -0.2) is 43.4 Å². The minimum atomic E-state index is -0.562. The van der Waals surface area contributed by atoms with Gasteiger partial charge in [0.1, 0.15) is 5.60 Å². The third-order valence-corrected chi connectivity index (χ3v) is 4.44. The van der Waals surface area contributed by atoms with E-state index in [-0.39, 0.29) is 24.0 Å². The Hall–Kier alpha value is -2.08. The lowest BCUT2D eigenvalue weighted by atomic mass is 9.84. The van der Waals surface area contributed by atoms with E-state index in [2.05, 4.69) is 10.6 Å². The van der Waals surface area contributed by atoms with Crippen molar-refractivity contribution in [2.45, 2.75) is 57.7 Å². The number of amides is 1. The molecule has 1 heterocycles. The van der Waals surface area contributed by atoms with Gasteiger partial charge in [-0.2, -0.15) is 0 Å². The van der Waals surface area contributed by atoms with Crippen LogP contribution < -0.4 is 10.6 Å². The molecule has 0 bridgehead atoms. The van der Waals surface area contributed by atoms with Crippen LogP contribution in [0.3, 0.4) is 0 Å². The highest BCUT2D eigenvalue weighted by molar-refractivity contribution is 5.74. The first-order valence-electron chi connectivity index (χ1n) is 9.15. The van der Waals surface area contributed by atoms with Crippen molar-refractivity contribution in [2.75, 3.05) is 13.7 Å². The van der Waals surface area contributed by atoms with E-state index in [0.717, 1.165) is 24.9 Å². The van der Waals surface area contributed by atoms with Crippen LogP contribution >= 0.6 is 0 Å². The highest BCUT2D eigenvalue weighted by Crippen LogP contribution is 2.22. The molecule has 0 aromatic heterocycles. The van der Waals surface area contributed by atoms with Crippen LogP contribution in [0.4, 0.5) is 4.79 Å². The molecule has 1 aromatic carbocycles. The highest BCUT2D eigenvalue weighted by Gasteiger charge is 2.38. The van der Waals surface area contributed by atoms with Gasteiger partial charge in [0.2, 0.25) is 0 Å². The van der Waals surface area contributed by atoms with E-state index in [4.69, 9.17) is 9.47 Å². The second kappa shape index (κ2) is 9.03. The molecular formula is C20H30N2O4. The Kier molecular flexibility index (Phi) is 7.03. The molecule has 0 spiro atoms. The van der Waals surface area contributed by atoms with Gasteiger partial charge in [-0.05, 0) is 52.1 Å². The number of rotatable bonds is 5. The molecule has 1 fully saturated rings. The highest BCUT2D eigenvalue weighted by atomic mass is 16.6. The standard InChI is InChI=1S/C20H30N2O4/c1-20(2,3)26-19(24)22-16-11-8-12-21-17(16)15(18(23)25-4)13-14-9-6-5-7-10-14/h5-7,9-10,15-17,21H,8,11-13H2,1-4H3,(H,22,24)/t15?,16-,17+/m0/s1. The average molecular weight is 362 g/mol. The van der Waals surface area contributed by atoms with Crippen molar-refractivity contribution in [3.63, 3.8) is 0 Å². The average Bonchev–Trinajstić information content (AvgIpc) is 2.59. The molecule has 1 amide bonds. The lowest BCUT2D eigenvalue weighted by Gasteiger charge is -2.37. The van der Waals surface area contributed by atoms with Crippen LogP contribution in [0.25, 0.3) is 0 Å². The lowest BCUT2D eigenvalue weighted by molar-refractivity contribution is -0.147. The molecule has 1 aromatic rings. The first-order valence-corrected chi connectivity index (χ1v) is 9.15. The largest absolute Gasteiger partial charge is 0.469 e. The lowest BCUT2D eigenvalue weighted by Crippen LogP contribution is -2.59. The summed E-state index contributed by atoms with van der Waals surface area (Å²) in [6.45, 7) is 6.29. The first-order chi connectivity index (χ1) is 12.3. The molecule has 1 aliphatic rings. The Labute approximate surface area is 155 Å². The molecule has 1 saturated heterocycles. The summed E-state index contributed by atoms with van der Waals surface area (Å²) in [7, 11) is 1.40. The van der Waals surface area contributed by atoms with Gasteiger partial charge < -0.3 is 20.1 Å². The smallest absolute Gasteiger partial charge is 0.407 e. The molecule has 2 rings (SSSR count). The minimum Gasteiger partial charge on any atom is -0.469 e. The fourth-order valence-corrected chi connectivity index (χ4v) is 3.33. The van der Waals surface area contributed by atoms with Crippen LogP contribution in [0.15, 0.2) is 30.3 Å². The zero-order chi connectivity index (χ0) is 19.2. The third kappa shape index (κ3) is 6.02. The van der Waals surface area contributed by atoms with E-state index in [1.165, 1.54) is 7.11 Å². The minimum absolute atomic E-state index is 0.189. The summed E-state index contributed by atoms with van der Waals surface area (Å²) in [5.41, 5.74) is 0.499. The number of nitrogens with one attached hydrogen (secondary N) is 2. The van der Waals surface area contributed by atoms with Gasteiger partial charge in [0.15, 0.2) is 0 Å². The van der Waals surface area contributed by atoms with E-state index in [1.807, 2.05) is 51.1 Å². The topological polar surface area (TPSA) is 76.7 Å². The van der Waals surface area contributed by atoms with Gasteiger partial charge in [0.25, 0.3) is 0 Å². The molecule has 6 heteroatoms. The molecule has 0 saturated carbocycles. The summed E-state index contributed by atoms with van der Waals surface area (Å²) in [5.74, 6) is -0.660. The number of alkyl carbamates (subject to hydrolysis) is 1. The maximum atomic E-state index is 12.5. The normalized spacial score (nSPS) is 21.5. The van der Waals surface area contributed by atoms with Gasteiger partial charge in [-0.15, -0.1) is 0 Å². The number of esters is 1. The van der Waals surface area contributed by atoms with Gasteiger partial charge in [0, 0.05) is 12.1 Å². The van der Waals surface area contributed by atoms with Crippen molar-refractivity contribution in [1.82, 2.24) is 10.6 Å². The van der Waals surface area contributed by atoms with Gasteiger partial charge in [-0.1, -0.05) is 30.3 Å². The van der Waals surface area contributed by atoms with E-state index < -0.39 is 11.7 Å². The Morgan fingerprint density at radius 1 is 1.27 bits per heavy atom. The Bertz CT molecular complexity index is 598. The number of hydrogen-bond acceptors (Lipinski definition) is 5. The summed E-state index contributed by atoms with van der Waals surface area (Å²) < 4.78 is 10.4. The molecule has 3 atom stereocenters. The van der Waals surface area contributed by atoms with Gasteiger partial charge in [-0.3, -0.25) is 4.79 Å². The summed E-state index contributed by atoms with van der Waals surface area (Å²) in [6, 6.07) is 9.45. The summed E-state index contributed by atoms with van der Waals surface area (Å²) >= 11 is 0. The molecule has 0 aliphatic carbocycles. The maximum Gasteiger partial charge on any atom is 0.407 e. The number of carbonyl (C=O) groups excluding carboxylic acids is 2. The van der Waals surface area contributed by atoms with Crippen molar-refractivity contribution in [3.05, 3.63) is 35.9 Å². The molecule has 2 N–H and O–H groups in total. The maximum absolute atomic E-state index is 12.5. The van der Waals surface area contributed by atoms with Crippen LogP contribution in [0.1, 0.15) is 39.2 Å². The van der Waals surface area contributed by atoms with Crippen molar-refractivity contribution in [1.29, 1.82) is 0 Å². The van der Waals surface area contributed by atoms with Gasteiger partial charge in [-0.25, -0.2) is 4.79 Å². The van der Waals surface area contributed by atoms with E-state index in [0.29, 0.717) is 6.42 Å². The van der Waals surface area contributed by atoms with Crippen LogP contribution in [0.2, 0.25) is 0 Å². The van der Waals surface area contributed by atoms with Crippen LogP contribution in [0, 0.1) is 5.92 Å². The van der Waals surface area contributed by atoms with Gasteiger partial charge in [0.05, 0.1) is 13.0 Å². The van der Waals surface area contributed by atoms with Crippen molar-refractivity contribution < 1.29 is 19.1 Å². The number of carbonyl (C=O) groups is 2. The van der Waals surface area contributed by atoms with Crippen LogP contribution in [-0.2, 0) is 20.7 Å². The second-order valence-corrected chi connectivity index (χ2v) is 7.69. The molecule has 1 aliphatic heterocycles. The molecule has 26 heavy (non-hydrogen) atoms. The molecule has 0 radical (unpaired) electrons. The predicted octanol–water partition coefficient (Wildman–Crippen LogP) is 2.66. The second-order valence-electron chi connectivity index (χ2n) is 7.69. The Balaban J connectivity index is 2.14. The Morgan fingerprint density at radius 2 is 1.96 bits per heavy atom. The number of piperidine rings is 1. The fourth-order valence-electron chi connectivity index (χ4n) is 3.33. The van der Waals surface area contributed by atoms with Crippen LogP contribution in [0.5, 0.6) is 0 Å². The number of hydrogen-bond donors (Lipinski definition) is 2. The third-order valence-electron chi connectivity index (χ3n) is 4.44. The monoisotopic (exact) mass is 362 g/mol. The zero-order valence-corrected chi connectivity index (χ0v) is 16.1. The van der Waals surface area contributed by atoms with E-state index in [9.17, 15) is 9.59 Å². The predicted molar refractivity (Wildman–Crippen MR) is 99.8 cm³/mol. The van der Waals surface area contributed by atoms with Crippen molar-refractivity contribution in [3.8, 4) is 0 Å². The number of benzene rings is 1. The molecule has 144 valence electrons. The number of ether oxygens (including phenoxy) is 2. The van der Waals surface area contributed by atoms with Crippen molar-refractivity contribution in [2.24, 2.45) is 5.92 Å². The van der Waals surface area contributed by atoms with E-state index >= 15 is 0 Å². The van der Waals surface area contributed by atoms with Gasteiger partial charge >= 0.3 is 12.1 Å². The SMILES string of the molecule is COC(=O)C(Cc1ccccc1)[C@H]1NCCC[C@@H]1NC(=O)OC(C)(C)C. The summed E-state index contributed by atoms with van der Waals surface area (Å²) in [6.07, 6.45) is 1.81. The summed E-state index contributed by atoms with van der Waals surface area (Å²) in [4.78, 5) is 24.7. The van der Waals surface area contributed by atoms with Crippen molar-refractivity contribution >= 4 is 12.1 Å². The summed E-state index contributed by atoms with van der Waals surface area (Å²) in [5, 5.41) is 6.34. The Morgan fingerprint density at radius 3 is 2.58 bits per heavy atom. The molecule has 1 unspecified atom stereocenters. The fraction of sp³-hybridized carbons (Fsp3) is 0.600. The molecule has 6 nitrogen and oxygen atoms in total. The number of methoxy groups -OCH3 is 1. The molecular weight excluding hydrogens is 332 g/mol. The zero-order valence-electron chi connectivity index (χ0n) is 16.1. The first kappa shape index (κ1) is 20.2. The van der Waals surface area contributed by atoms with E-state index in [1.54, 1.807) is 0 Å².